The van der Waals surface area contributed by atoms with Gasteiger partial charge in [0.1, 0.15) is 5.82 Å². The van der Waals surface area contributed by atoms with Crippen molar-refractivity contribution in [3.05, 3.63) is 36.0 Å². The molecule has 0 unspecified atom stereocenters. The number of aromatic nitrogens is 2. The van der Waals surface area contributed by atoms with Gasteiger partial charge >= 0.3 is 0 Å². The Balaban J connectivity index is 2.35. The van der Waals surface area contributed by atoms with E-state index in [0.29, 0.717) is 5.56 Å². The predicted molar refractivity (Wildman–Crippen MR) is 58.9 cm³/mol. The van der Waals surface area contributed by atoms with E-state index in [1.165, 1.54) is 24.3 Å². The van der Waals surface area contributed by atoms with Crippen molar-refractivity contribution in [3.63, 3.8) is 0 Å². The van der Waals surface area contributed by atoms with Crippen molar-refractivity contribution in [3.8, 4) is 11.5 Å². The summed E-state index contributed by atoms with van der Waals surface area (Å²) in [5.41, 5.74) is 0.550. The lowest BCUT2D eigenvalue weighted by molar-refractivity contribution is 0.514. The minimum atomic E-state index is -1.76. The lowest BCUT2D eigenvalue weighted by Gasteiger charge is -2.02. The zero-order valence-electron chi connectivity index (χ0n) is 7.62. The first kappa shape index (κ1) is 11.6. The number of rotatable bonds is 1. The molecule has 84 valence electrons. The fourth-order valence-electron chi connectivity index (χ4n) is 1.05. The fourth-order valence-corrected chi connectivity index (χ4v) is 1.28. The normalized spacial score (nSPS) is 11.8. The maximum atomic E-state index is 12.7. The third kappa shape index (κ3) is 2.45. The summed E-state index contributed by atoms with van der Waals surface area (Å²) in [6, 6.07) is 5.53. The van der Waals surface area contributed by atoms with Crippen LogP contribution >= 0.6 is 34.8 Å². The van der Waals surface area contributed by atoms with Crippen molar-refractivity contribution in [2.24, 2.45) is 0 Å². The lowest BCUT2D eigenvalue weighted by Crippen LogP contribution is -1.99. The molecule has 0 aliphatic rings. The fraction of sp³-hybridized carbons (Fsp3) is 0.111. The summed E-state index contributed by atoms with van der Waals surface area (Å²) in [4.78, 5) is 0. The average Bonchev–Trinajstić information content (AvgIpc) is 2.67. The summed E-state index contributed by atoms with van der Waals surface area (Å²) >= 11 is 16.7. The molecule has 0 radical (unpaired) electrons. The highest BCUT2D eigenvalue weighted by atomic mass is 35.6. The molecule has 0 bridgehead atoms. The van der Waals surface area contributed by atoms with Crippen LogP contribution in [-0.2, 0) is 3.79 Å². The highest BCUT2D eigenvalue weighted by molar-refractivity contribution is 6.66. The molecule has 0 aliphatic heterocycles. The van der Waals surface area contributed by atoms with E-state index in [-0.39, 0.29) is 17.6 Å². The van der Waals surface area contributed by atoms with Crippen LogP contribution in [0.1, 0.15) is 5.89 Å². The summed E-state index contributed by atoms with van der Waals surface area (Å²) in [6.45, 7) is 0. The Labute approximate surface area is 105 Å². The Morgan fingerprint density at radius 2 is 1.69 bits per heavy atom. The van der Waals surface area contributed by atoms with Gasteiger partial charge in [-0.2, -0.15) is 0 Å². The molecule has 0 fully saturated rings. The van der Waals surface area contributed by atoms with E-state index in [1.54, 1.807) is 0 Å². The molecule has 1 aromatic carbocycles. The third-order valence-electron chi connectivity index (χ3n) is 1.76. The minimum Gasteiger partial charge on any atom is -0.416 e. The SMILES string of the molecule is Fc1ccc(-c2nnc(C(Cl)(Cl)Cl)o2)cc1. The molecule has 0 aliphatic carbocycles. The quantitative estimate of drug-likeness (QED) is 0.748. The van der Waals surface area contributed by atoms with Gasteiger partial charge in [0.05, 0.1) is 0 Å². The van der Waals surface area contributed by atoms with Gasteiger partial charge in [-0.05, 0) is 24.3 Å². The van der Waals surface area contributed by atoms with Gasteiger partial charge in [-0.3, -0.25) is 0 Å². The van der Waals surface area contributed by atoms with Gasteiger partial charge in [-0.25, -0.2) is 4.39 Å². The van der Waals surface area contributed by atoms with Crippen LogP contribution in [0.2, 0.25) is 0 Å². The monoisotopic (exact) mass is 280 g/mol. The van der Waals surface area contributed by atoms with Crippen molar-refractivity contribution in [1.29, 1.82) is 0 Å². The molecule has 0 saturated carbocycles. The van der Waals surface area contributed by atoms with E-state index in [2.05, 4.69) is 10.2 Å². The van der Waals surface area contributed by atoms with Crippen LogP contribution in [0.5, 0.6) is 0 Å². The zero-order valence-corrected chi connectivity index (χ0v) is 9.89. The van der Waals surface area contributed by atoms with E-state index in [9.17, 15) is 4.39 Å². The van der Waals surface area contributed by atoms with Gasteiger partial charge in [-0.1, -0.05) is 34.8 Å². The molecular formula is C9H4Cl3FN2O. The minimum absolute atomic E-state index is 0.128. The van der Waals surface area contributed by atoms with Crippen molar-refractivity contribution < 1.29 is 8.81 Å². The van der Waals surface area contributed by atoms with Gasteiger partial charge in [0.25, 0.3) is 9.68 Å². The molecule has 7 heteroatoms. The number of alkyl halides is 3. The predicted octanol–water partition coefficient (Wildman–Crippen LogP) is 3.70. The molecule has 1 heterocycles. The summed E-state index contributed by atoms with van der Waals surface area (Å²) in [7, 11) is 0. The number of hydrogen-bond donors (Lipinski definition) is 0. The summed E-state index contributed by atoms with van der Waals surface area (Å²) < 4.78 is 16.0. The highest BCUT2D eigenvalue weighted by Crippen LogP contribution is 2.38. The molecule has 0 amide bonds. The van der Waals surface area contributed by atoms with Crippen LogP contribution in [0, 0.1) is 5.82 Å². The van der Waals surface area contributed by atoms with Crippen LogP contribution < -0.4 is 0 Å². The number of halogens is 4. The van der Waals surface area contributed by atoms with Crippen LogP contribution in [-0.4, -0.2) is 10.2 Å². The topological polar surface area (TPSA) is 38.9 Å². The molecule has 1 aromatic heterocycles. The van der Waals surface area contributed by atoms with Crippen LogP contribution in [0.4, 0.5) is 4.39 Å². The zero-order chi connectivity index (χ0) is 11.8. The Morgan fingerprint density at radius 3 is 2.19 bits per heavy atom. The van der Waals surface area contributed by atoms with E-state index in [4.69, 9.17) is 39.2 Å². The van der Waals surface area contributed by atoms with Crippen molar-refractivity contribution in [2.75, 3.05) is 0 Å². The summed E-state index contributed by atoms with van der Waals surface area (Å²) in [6.07, 6.45) is 0. The number of benzene rings is 1. The molecule has 0 spiro atoms. The second-order valence-corrected chi connectivity index (χ2v) is 5.20. The molecule has 0 atom stereocenters. The molecule has 16 heavy (non-hydrogen) atoms. The number of nitrogens with zero attached hydrogens (tertiary/aromatic N) is 2. The first-order chi connectivity index (χ1) is 7.47. The second kappa shape index (κ2) is 4.20. The van der Waals surface area contributed by atoms with Crippen LogP contribution in [0.15, 0.2) is 28.7 Å². The van der Waals surface area contributed by atoms with E-state index in [1.807, 2.05) is 0 Å². The van der Waals surface area contributed by atoms with E-state index < -0.39 is 3.79 Å². The summed E-state index contributed by atoms with van der Waals surface area (Å²) in [5.74, 6) is -0.317. The Bertz CT molecular complexity index is 492. The average molecular weight is 282 g/mol. The van der Waals surface area contributed by atoms with E-state index >= 15 is 0 Å². The van der Waals surface area contributed by atoms with Gasteiger partial charge in [-0.15, -0.1) is 10.2 Å². The molecule has 3 nitrogen and oxygen atoms in total. The molecule has 2 rings (SSSR count). The highest BCUT2D eigenvalue weighted by Gasteiger charge is 2.30. The van der Waals surface area contributed by atoms with Crippen molar-refractivity contribution in [2.45, 2.75) is 3.79 Å². The Morgan fingerprint density at radius 1 is 1.06 bits per heavy atom. The Kier molecular flexibility index (Phi) is 3.06. The molecule has 2 aromatic rings. The largest absolute Gasteiger partial charge is 0.416 e. The van der Waals surface area contributed by atoms with E-state index in [0.717, 1.165) is 0 Å². The third-order valence-corrected chi connectivity index (χ3v) is 2.24. The van der Waals surface area contributed by atoms with Gasteiger partial charge in [0.2, 0.25) is 5.89 Å². The van der Waals surface area contributed by atoms with Gasteiger partial charge in [0, 0.05) is 5.56 Å². The first-order valence-corrected chi connectivity index (χ1v) is 5.27. The molecular weight excluding hydrogens is 277 g/mol. The van der Waals surface area contributed by atoms with Crippen LogP contribution in [0.3, 0.4) is 0 Å². The van der Waals surface area contributed by atoms with Crippen molar-refractivity contribution in [1.82, 2.24) is 10.2 Å². The summed E-state index contributed by atoms with van der Waals surface area (Å²) in [5, 5.41) is 7.27. The van der Waals surface area contributed by atoms with Gasteiger partial charge in [0.15, 0.2) is 0 Å². The van der Waals surface area contributed by atoms with Crippen molar-refractivity contribution >= 4 is 34.8 Å². The smallest absolute Gasteiger partial charge is 0.268 e. The standard InChI is InChI=1S/C9H4Cl3FN2O/c10-9(11,12)8-15-14-7(16-8)5-1-3-6(13)4-2-5/h1-4H. The number of hydrogen-bond acceptors (Lipinski definition) is 3. The maximum absolute atomic E-state index is 12.7. The second-order valence-electron chi connectivity index (χ2n) is 2.92. The van der Waals surface area contributed by atoms with Crippen LogP contribution in [0.25, 0.3) is 11.5 Å². The lowest BCUT2D eigenvalue weighted by atomic mass is 10.2. The maximum Gasteiger partial charge on any atom is 0.268 e. The Hall–Kier alpha value is -0.840. The van der Waals surface area contributed by atoms with Gasteiger partial charge < -0.3 is 4.42 Å². The molecule has 0 N–H and O–H groups in total. The molecule has 0 saturated heterocycles. The first-order valence-electron chi connectivity index (χ1n) is 4.13.